The Morgan fingerprint density at radius 3 is 2.60 bits per heavy atom. The molecule has 2 atom stereocenters. The van der Waals surface area contributed by atoms with Crippen molar-refractivity contribution >= 4 is 5.69 Å². The number of hydrogen-bond donors (Lipinski definition) is 1. The van der Waals surface area contributed by atoms with Gasteiger partial charge in [0.2, 0.25) is 0 Å². The zero-order valence-corrected chi connectivity index (χ0v) is 12.7. The minimum absolute atomic E-state index is 0.176. The van der Waals surface area contributed by atoms with Gasteiger partial charge in [0, 0.05) is 24.2 Å². The van der Waals surface area contributed by atoms with Crippen LogP contribution in [0.5, 0.6) is 0 Å². The molecule has 3 heteroatoms. The van der Waals surface area contributed by atoms with Crippen LogP contribution in [0.4, 0.5) is 10.1 Å². The van der Waals surface area contributed by atoms with Crippen molar-refractivity contribution in [3.05, 3.63) is 30.1 Å². The molecule has 2 rings (SSSR count). The van der Waals surface area contributed by atoms with Crippen LogP contribution in [0.15, 0.2) is 24.3 Å². The Labute approximate surface area is 122 Å². The Hall–Kier alpha value is -1.09. The van der Waals surface area contributed by atoms with Gasteiger partial charge in [-0.05, 0) is 56.5 Å². The van der Waals surface area contributed by atoms with Crippen LogP contribution in [-0.4, -0.2) is 19.6 Å². The van der Waals surface area contributed by atoms with Gasteiger partial charge in [0.05, 0.1) is 0 Å². The minimum Gasteiger partial charge on any atom is -0.371 e. The molecule has 0 radical (unpaired) electrons. The SMILES string of the molecule is CCN(CC1(CN)CCCC(C)C1)c1ccc(F)cc1. The molecular formula is C17H27FN2. The first-order valence-electron chi connectivity index (χ1n) is 7.79. The van der Waals surface area contributed by atoms with Crippen molar-refractivity contribution in [2.24, 2.45) is 17.1 Å². The van der Waals surface area contributed by atoms with Gasteiger partial charge in [-0.25, -0.2) is 4.39 Å². The number of nitrogens with two attached hydrogens (primary N) is 1. The predicted molar refractivity (Wildman–Crippen MR) is 83.4 cm³/mol. The largest absolute Gasteiger partial charge is 0.371 e. The number of halogens is 1. The second-order valence-corrected chi connectivity index (χ2v) is 6.40. The third kappa shape index (κ3) is 3.51. The highest BCUT2D eigenvalue weighted by Crippen LogP contribution is 2.39. The van der Waals surface area contributed by atoms with Gasteiger partial charge in [-0.15, -0.1) is 0 Å². The summed E-state index contributed by atoms with van der Waals surface area (Å²) in [6, 6.07) is 6.82. The van der Waals surface area contributed by atoms with Crippen LogP contribution in [0.2, 0.25) is 0 Å². The van der Waals surface area contributed by atoms with Gasteiger partial charge in [-0.3, -0.25) is 0 Å². The highest BCUT2D eigenvalue weighted by Gasteiger charge is 2.35. The van der Waals surface area contributed by atoms with Crippen LogP contribution < -0.4 is 10.6 Å². The summed E-state index contributed by atoms with van der Waals surface area (Å²) in [6.45, 7) is 7.14. The smallest absolute Gasteiger partial charge is 0.123 e. The Bertz CT molecular complexity index is 418. The molecule has 0 bridgehead atoms. The molecule has 0 amide bonds. The van der Waals surface area contributed by atoms with Crippen molar-refractivity contribution in [2.75, 3.05) is 24.5 Å². The van der Waals surface area contributed by atoms with Crippen molar-refractivity contribution < 1.29 is 4.39 Å². The molecule has 2 nitrogen and oxygen atoms in total. The van der Waals surface area contributed by atoms with Crippen LogP contribution >= 0.6 is 0 Å². The quantitative estimate of drug-likeness (QED) is 0.887. The average Bonchev–Trinajstić information content (AvgIpc) is 2.46. The molecule has 0 aromatic heterocycles. The molecule has 20 heavy (non-hydrogen) atoms. The number of nitrogens with zero attached hydrogens (tertiary/aromatic N) is 1. The normalized spacial score (nSPS) is 26.5. The highest BCUT2D eigenvalue weighted by atomic mass is 19.1. The summed E-state index contributed by atoms with van der Waals surface area (Å²) in [7, 11) is 0. The second-order valence-electron chi connectivity index (χ2n) is 6.40. The summed E-state index contributed by atoms with van der Waals surface area (Å²) in [4.78, 5) is 2.34. The highest BCUT2D eigenvalue weighted by molar-refractivity contribution is 5.46. The lowest BCUT2D eigenvalue weighted by Gasteiger charge is -2.43. The van der Waals surface area contributed by atoms with E-state index >= 15 is 0 Å². The maximum atomic E-state index is 13.1. The molecule has 1 fully saturated rings. The van der Waals surface area contributed by atoms with Gasteiger partial charge in [-0.1, -0.05) is 19.8 Å². The Morgan fingerprint density at radius 2 is 2.05 bits per heavy atom. The molecule has 0 heterocycles. The summed E-state index contributed by atoms with van der Waals surface area (Å²) in [5.74, 6) is 0.587. The number of anilines is 1. The Morgan fingerprint density at radius 1 is 1.35 bits per heavy atom. The van der Waals surface area contributed by atoms with Crippen molar-refractivity contribution in [3.63, 3.8) is 0 Å². The van der Waals surface area contributed by atoms with Gasteiger partial charge < -0.3 is 10.6 Å². The standard InChI is InChI=1S/C17H27FN2/c1-3-20(16-8-6-15(18)7-9-16)13-17(12-19)10-4-5-14(2)11-17/h6-9,14H,3-5,10-13,19H2,1-2H3. The molecular weight excluding hydrogens is 251 g/mol. The number of hydrogen-bond acceptors (Lipinski definition) is 2. The summed E-state index contributed by atoms with van der Waals surface area (Å²) in [5.41, 5.74) is 7.44. The first-order valence-corrected chi connectivity index (χ1v) is 7.79. The molecule has 1 aliphatic rings. The van der Waals surface area contributed by atoms with Crippen molar-refractivity contribution in [1.29, 1.82) is 0 Å². The fraction of sp³-hybridized carbons (Fsp3) is 0.647. The molecule has 1 aromatic rings. The molecule has 2 unspecified atom stereocenters. The number of rotatable bonds is 5. The van der Waals surface area contributed by atoms with Crippen LogP contribution in [0, 0.1) is 17.2 Å². The molecule has 1 aromatic carbocycles. The van der Waals surface area contributed by atoms with Gasteiger partial charge >= 0.3 is 0 Å². The molecule has 0 spiro atoms. The average molecular weight is 278 g/mol. The Balaban J connectivity index is 2.13. The van der Waals surface area contributed by atoms with E-state index in [-0.39, 0.29) is 11.2 Å². The fourth-order valence-corrected chi connectivity index (χ4v) is 3.60. The van der Waals surface area contributed by atoms with Crippen LogP contribution in [-0.2, 0) is 0 Å². The lowest BCUT2D eigenvalue weighted by Crippen LogP contribution is -2.45. The maximum Gasteiger partial charge on any atom is 0.123 e. The van der Waals surface area contributed by atoms with E-state index in [1.807, 2.05) is 12.1 Å². The van der Waals surface area contributed by atoms with E-state index in [1.54, 1.807) is 0 Å². The van der Waals surface area contributed by atoms with Gasteiger partial charge in [0.25, 0.3) is 0 Å². The summed E-state index contributed by atoms with van der Waals surface area (Å²) in [5, 5.41) is 0. The monoisotopic (exact) mass is 278 g/mol. The van der Waals surface area contributed by atoms with Gasteiger partial charge in [0.1, 0.15) is 5.82 Å². The molecule has 2 N–H and O–H groups in total. The number of benzene rings is 1. The van der Waals surface area contributed by atoms with Crippen molar-refractivity contribution in [3.8, 4) is 0 Å². The first kappa shape index (κ1) is 15.3. The fourth-order valence-electron chi connectivity index (χ4n) is 3.60. The zero-order chi connectivity index (χ0) is 14.6. The third-order valence-corrected chi connectivity index (χ3v) is 4.72. The molecule has 0 saturated heterocycles. The molecule has 1 saturated carbocycles. The maximum absolute atomic E-state index is 13.1. The van der Waals surface area contributed by atoms with E-state index in [9.17, 15) is 4.39 Å². The van der Waals surface area contributed by atoms with Crippen LogP contribution in [0.1, 0.15) is 39.5 Å². The zero-order valence-electron chi connectivity index (χ0n) is 12.7. The molecule has 1 aliphatic carbocycles. The van der Waals surface area contributed by atoms with Gasteiger partial charge in [-0.2, -0.15) is 0 Å². The van der Waals surface area contributed by atoms with E-state index in [0.717, 1.165) is 31.2 Å². The van der Waals surface area contributed by atoms with Crippen LogP contribution in [0.3, 0.4) is 0 Å². The third-order valence-electron chi connectivity index (χ3n) is 4.72. The van der Waals surface area contributed by atoms with Gasteiger partial charge in [0.15, 0.2) is 0 Å². The van der Waals surface area contributed by atoms with Crippen molar-refractivity contribution in [1.82, 2.24) is 0 Å². The predicted octanol–water partition coefficient (Wildman–Crippen LogP) is 3.81. The lowest BCUT2D eigenvalue weighted by atomic mass is 9.69. The van der Waals surface area contributed by atoms with E-state index < -0.39 is 0 Å². The van der Waals surface area contributed by atoms with E-state index in [1.165, 1.54) is 37.8 Å². The summed E-state index contributed by atoms with van der Waals surface area (Å²) >= 11 is 0. The summed E-state index contributed by atoms with van der Waals surface area (Å²) < 4.78 is 13.1. The molecule has 112 valence electrons. The topological polar surface area (TPSA) is 29.3 Å². The molecule has 0 aliphatic heterocycles. The van der Waals surface area contributed by atoms with E-state index in [0.29, 0.717) is 0 Å². The summed E-state index contributed by atoms with van der Waals surface area (Å²) in [6.07, 6.45) is 5.02. The second kappa shape index (κ2) is 6.57. The van der Waals surface area contributed by atoms with E-state index in [2.05, 4.69) is 18.7 Å². The minimum atomic E-state index is -0.176. The Kier molecular flexibility index (Phi) is 5.03. The van der Waals surface area contributed by atoms with Crippen LogP contribution in [0.25, 0.3) is 0 Å². The lowest BCUT2D eigenvalue weighted by molar-refractivity contribution is 0.160. The van der Waals surface area contributed by atoms with Crippen molar-refractivity contribution in [2.45, 2.75) is 39.5 Å². The van der Waals surface area contributed by atoms with E-state index in [4.69, 9.17) is 5.73 Å². The first-order chi connectivity index (χ1) is 9.58.